The number of amides is 1. The molecule has 4 rings (SSSR count). The Morgan fingerprint density at radius 2 is 1.73 bits per heavy atom. The van der Waals surface area contributed by atoms with E-state index in [9.17, 15) is 4.79 Å². The third kappa shape index (κ3) is 3.52. The highest BCUT2D eigenvalue weighted by Gasteiger charge is 2.18. The molecule has 1 saturated heterocycles. The van der Waals surface area contributed by atoms with Gasteiger partial charge in [0, 0.05) is 24.7 Å². The Labute approximate surface area is 153 Å². The van der Waals surface area contributed by atoms with Crippen LogP contribution in [0.25, 0.3) is 10.9 Å². The molecule has 5 nitrogen and oxygen atoms in total. The van der Waals surface area contributed by atoms with Gasteiger partial charge in [-0.2, -0.15) is 0 Å². The molecule has 3 heterocycles. The number of para-hydroxylation sites is 1. The van der Waals surface area contributed by atoms with Crippen LogP contribution in [0.15, 0.2) is 54.9 Å². The standard InChI is InChI=1S/C21H22N4O/c26-21(25-13-3-1-2-4-14-25)19-11-10-17(15-23-19)24-18-9-5-7-16-8-6-12-22-20(16)18/h5-12,15,24H,1-4,13-14H2. The van der Waals surface area contributed by atoms with Crippen molar-refractivity contribution < 1.29 is 4.79 Å². The molecule has 3 aromatic rings. The molecule has 5 heteroatoms. The zero-order valence-corrected chi connectivity index (χ0v) is 14.7. The molecule has 1 aromatic carbocycles. The van der Waals surface area contributed by atoms with E-state index in [1.807, 2.05) is 41.3 Å². The predicted molar refractivity (Wildman–Crippen MR) is 104 cm³/mol. The van der Waals surface area contributed by atoms with Gasteiger partial charge in [-0.3, -0.25) is 9.78 Å². The van der Waals surface area contributed by atoms with Crippen molar-refractivity contribution in [2.45, 2.75) is 25.7 Å². The fourth-order valence-corrected chi connectivity index (χ4v) is 3.39. The number of aromatic nitrogens is 2. The molecular weight excluding hydrogens is 324 g/mol. The third-order valence-electron chi connectivity index (χ3n) is 4.79. The number of anilines is 2. The Morgan fingerprint density at radius 1 is 0.923 bits per heavy atom. The first kappa shape index (κ1) is 16.5. The molecular formula is C21H22N4O. The summed E-state index contributed by atoms with van der Waals surface area (Å²) in [6.45, 7) is 1.67. The van der Waals surface area contributed by atoms with Gasteiger partial charge in [-0.1, -0.05) is 31.0 Å². The maximum Gasteiger partial charge on any atom is 0.272 e. The average molecular weight is 346 g/mol. The minimum absolute atomic E-state index is 0.0327. The van der Waals surface area contributed by atoms with Gasteiger partial charge in [0.05, 0.1) is 23.1 Å². The third-order valence-corrected chi connectivity index (χ3v) is 4.79. The summed E-state index contributed by atoms with van der Waals surface area (Å²) < 4.78 is 0. The van der Waals surface area contributed by atoms with Gasteiger partial charge in [-0.15, -0.1) is 0 Å². The van der Waals surface area contributed by atoms with Gasteiger partial charge < -0.3 is 10.2 Å². The lowest BCUT2D eigenvalue weighted by atomic mass is 10.2. The summed E-state index contributed by atoms with van der Waals surface area (Å²) in [4.78, 5) is 23.4. The van der Waals surface area contributed by atoms with Crippen LogP contribution in [-0.4, -0.2) is 33.9 Å². The molecule has 1 N–H and O–H groups in total. The number of hydrogen-bond acceptors (Lipinski definition) is 4. The van der Waals surface area contributed by atoms with Crippen molar-refractivity contribution in [1.29, 1.82) is 0 Å². The fraction of sp³-hybridized carbons (Fsp3) is 0.286. The number of rotatable bonds is 3. The lowest BCUT2D eigenvalue weighted by Gasteiger charge is -2.19. The first-order chi connectivity index (χ1) is 12.8. The number of nitrogens with one attached hydrogen (secondary N) is 1. The second kappa shape index (κ2) is 7.52. The zero-order valence-electron chi connectivity index (χ0n) is 14.7. The Bertz CT molecular complexity index is 894. The van der Waals surface area contributed by atoms with Crippen LogP contribution in [0.3, 0.4) is 0 Å². The van der Waals surface area contributed by atoms with E-state index in [0.717, 1.165) is 48.2 Å². The number of hydrogen-bond donors (Lipinski definition) is 1. The van der Waals surface area contributed by atoms with Gasteiger partial charge in [-0.25, -0.2) is 4.98 Å². The first-order valence-corrected chi connectivity index (χ1v) is 9.17. The van der Waals surface area contributed by atoms with E-state index < -0.39 is 0 Å². The normalized spacial score (nSPS) is 14.8. The van der Waals surface area contributed by atoms with Crippen LogP contribution in [0.4, 0.5) is 11.4 Å². The minimum atomic E-state index is 0.0327. The van der Waals surface area contributed by atoms with E-state index >= 15 is 0 Å². The highest BCUT2D eigenvalue weighted by Crippen LogP contribution is 2.24. The molecule has 1 aliphatic heterocycles. The van der Waals surface area contributed by atoms with E-state index in [2.05, 4.69) is 15.3 Å². The Morgan fingerprint density at radius 3 is 2.50 bits per heavy atom. The molecule has 0 saturated carbocycles. The second-order valence-electron chi connectivity index (χ2n) is 6.64. The van der Waals surface area contributed by atoms with Gasteiger partial charge in [0.25, 0.3) is 5.91 Å². The summed E-state index contributed by atoms with van der Waals surface area (Å²) in [5.41, 5.74) is 3.19. The van der Waals surface area contributed by atoms with Crippen LogP contribution >= 0.6 is 0 Å². The van der Waals surface area contributed by atoms with Crippen molar-refractivity contribution in [2.75, 3.05) is 18.4 Å². The number of nitrogens with zero attached hydrogens (tertiary/aromatic N) is 3. The minimum Gasteiger partial charge on any atom is -0.352 e. The number of likely N-dealkylation sites (tertiary alicyclic amines) is 1. The van der Waals surface area contributed by atoms with Crippen LogP contribution in [0.1, 0.15) is 36.2 Å². The van der Waals surface area contributed by atoms with Gasteiger partial charge >= 0.3 is 0 Å². The van der Waals surface area contributed by atoms with Crippen LogP contribution in [0.5, 0.6) is 0 Å². The van der Waals surface area contributed by atoms with Crippen LogP contribution in [-0.2, 0) is 0 Å². The SMILES string of the molecule is O=C(c1ccc(Nc2cccc3cccnc23)cn1)N1CCCCCC1. The monoisotopic (exact) mass is 346 g/mol. The summed E-state index contributed by atoms with van der Waals surface area (Å²) in [5, 5.41) is 4.43. The Kier molecular flexibility index (Phi) is 4.78. The predicted octanol–water partition coefficient (Wildman–Crippen LogP) is 4.39. The first-order valence-electron chi connectivity index (χ1n) is 9.17. The van der Waals surface area contributed by atoms with Gasteiger partial charge in [0.15, 0.2) is 0 Å². The van der Waals surface area contributed by atoms with Crippen molar-refractivity contribution in [2.24, 2.45) is 0 Å². The molecule has 2 aromatic heterocycles. The van der Waals surface area contributed by atoms with Crippen molar-refractivity contribution in [3.63, 3.8) is 0 Å². The van der Waals surface area contributed by atoms with E-state index in [0.29, 0.717) is 5.69 Å². The molecule has 0 bridgehead atoms. The van der Waals surface area contributed by atoms with Crippen molar-refractivity contribution in [3.8, 4) is 0 Å². The molecule has 0 unspecified atom stereocenters. The Balaban J connectivity index is 1.51. The second-order valence-corrected chi connectivity index (χ2v) is 6.64. The molecule has 26 heavy (non-hydrogen) atoms. The number of benzene rings is 1. The lowest BCUT2D eigenvalue weighted by Crippen LogP contribution is -2.32. The topological polar surface area (TPSA) is 58.1 Å². The molecule has 1 aliphatic rings. The molecule has 0 atom stereocenters. The van der Waals surface area contributed by atoms with Crippen molar-refractivity contribution in [3.05, 3.63) is 60.6 Å². The summed E-state index contributed by atoms with van der Waals surface area (Å²) in [5.74, 6) is 0.0327. The van der Waals surface area contributed by atoms with Gasteiger partial charge in [-0.05, 0) is 37.1 Å². The summed E-state index contributed by atoms with van der Waals surface area (Å²) in [6.07, 6.45) is 8.08. The molecule has 0 spiro atoms. The van der Waals surface area contributed by atoms with Crippen molar-refractivity contribution >= 4 is 28.2 Å². The highest BCUT2D eigenvalue weighted by molar-refractivity contribution is 5.93. The molecule has 1 amide bonds. The average Bonchev–Trinajstić information content (AvgIpc) is 2.98. The summed E-state index contributed by atoms with van der Waals surface area (Å²) in [7, 11) is 0. The number of carbonyl (C=O) groups is 1. The maximum atomic E-state index is 12.6. The summed E-state index contributed by atoms with van der Waals surface area (Å²) in [6, 6.07) is 13.7. The van der Waals surface area contributed by atoms with Gasteiger partial charge in [0.2, 0.25) is 0 Å². The quantitative estimate of drug-likeness (QED) is 0.764. The Hall–Kier alpha value is -2.95. The van der Waals surface area contributed by atoms with E-state index in [1.165, 1.54) is 12.8 Å². The summed E-state index contributed by atoms with van der Waals surface area (Å²) >= 11 is 0. The van der Waals surface area contributed by atoms with Crippen LogP contribution < -0.4 is 5.32 Å². The fourth-order valence-electron chi connectivity index (χ4n) is 3.39. The van der Waals surface area contributed by atoms with E-state index in [4.69, 9.17) is 0 Å². The largest absolute Gasteiger partial charge is 0.352 e. The maximum absolute atomic E-state index is 12.6. The zero-order chi connectivity index (χ0) is 17.8. The van der Waals surface area contributed by atoms with E-state index in [-0.39, 0.29) is 5.91 Å². The molecule has 0 radical (unpaired) electrons. The lowest BCUT2D eigenvalue weighted by molar-refractivity contribution is 0.0756. The molecule has 1 fully saturated rings. The van der Waals surface area contributed by atoms with Gasteiger partial charge in [0.1, 0.15) is 5.69 Å². The molecule has 0 aliphatic carbocycles. The number of fused-ring (bicyclic) bond motifs is 1. The van der Waals surface area contributed by atoms with E-state index in [1.54, 1.807) is 18.5 Å². The van der Waals surface area contributed by atoms with Crippen LogP contribution in [0.2, 0.25) is 0 Å². The number of pyridine rings is 2. The highest BCUT2D eigenvalue weighted by atomic mass is 16.2. The number of carbonyl (C=O) groups excluding carboxylic acids is 1. The molecule has 132 valence electrons. The van der Waals surface area contributed by atoms with Crippen LogP contribution in [0, 0.1) is 0 Å². The van der Waals surface area contributed by atoms with Crippen molar-refractivity contribution in [1.82, 2.24) is 14.9 Å². The smallest absolute Gasteiger partial charge is 0.272 e.